The molecule has 2 N–H and O–H groups in total. The van der Waals surface area contributed by atoms with Crippen LogP contribution in [0.2, 0.25) is 0 Å². The first kappa shape index (κ1) is 16.3. The van der Waals surface area contributed by atoms with Gasteiger partial charge in [0.25, 0.3) is 0 Å². The van der Waals surface area contributed by atoms with Gasteiger partial charge in [0.05, 0.1) is 0 Å². The monoisotopic (exact) mass is 292 g/mol. The van der Waals surface area contributed by atoms with Gasteiger partial charge in [0.15, 0.2) is 5.96 Å². The number of hydrogen-bond acceptors (Lipinski definition) is 2. The van der Waals surface area contributed by atoms with Crippen LogP contribution in [-0.4, -0.2) is 49.6 Å². The summed E-state index contributed by atoms with van der Waals surface area (Å²) in [6.07, 6.45) is 10.9. The summed E-state index contributed by atoms with van der Waals surface area (Å²) >= 11 is 0. The highest BCUT2D eigenvalue weighted by Gasteiger charge is 2.14. The summed E-state index contributed by atoms with van der Waals surface area (Å²) in [4.78, 5) is 7.38. The molecule has 1 unspecified atom stereocenters. The van der Waals surface area contributed by atoms with Crippen LogP contribution in [0, 0.1) is 5.92 Å². The number of piperidine rings is 1. The van der Waals surface area contributed by atoms with Gasteiger partial charge in [-0.2, -0.15) is 0 Å². The summed E-state index contributed by atoms with van der Waals surface area (Å²) in [6.45, 7) is 10.0. The van der Waals surface area contributed by atoms with Crippen molar-refractivity contribution in [2.24, 2.45) is 10.9 Å². The number of nitrogens with zero attached hydrogens (tertiary/aromatic N) is 2. The second-order valence-electron chi connectivity index (χ2n) is 6.47. The van der Waals surface area contributed by atoms with E-state index in [2.05, 4.69) is 41.5 Å². The Labute approximate surface area is 130 Å². The minimum absolute atomic E-state index is 0.528. The fourth-order valence-corrected chi connectivity index (χ4v) is 3.14. The molecule has 21 heavy (non-hydrogen) atoms. The lowest BCUT2D eigenvalue weighted by molar-refractivity contribution is 0.203. The molecular weight excluding hydrogens is 260 g/mol. The zero-order chi connectivity index (χ0) is 14.9. The molecule has 120 valence electrons. The molecule has 2 aliphatic rings. The molecule has 1 heterocycles. The van der Waals surface area contributed by atoms with Gasteiger partial charge in [0.1, 0.15) is 0 Å². The first-order valence-electron chi connectivity index (χ1n) is 8.70. The summed E-state index contributed by atoms with van der Waals surface area (Å²) in [6, 6.07) is 0.528. The van der Waals surface area contributed by atoms with E-state index in [1.54, 1.807) is 0 Å². The Balaban J connectivity index is 1.74. The zero-order valence-electron chi connectivity index (χ0n) is 13.8. The van der Waals surface area contributed by atoms with E-state index >= 15 is 0 Å². The van der Waals surface area contributed by atoms with Crippen molar-refractivity contribution in [2.45, 2.75) is 52.0 Å². The maximum atomic E-state index is 4.78. The highest BCUT2D eigenvalue weighted by Crippen LogP contribution is 2.11. The number of nitrogens with one attached hydrogen (secondary N) is 2. The van der Waals surface area contributed by atoms with Crippen molar-refractivity contribution in [3.63, 3.8) is 0 Å². The molecule has 4 nitrogen and oxygen atoms in total. The highest BCUT2D eigenvalue weighted by molar-refractivity contribution is 5.80. The lowest BCUT2D eigenvalue weighted by Crippen LogP contribution is -2.43. The van der Waals surface area contributed by atoms with Gasteiger partial charge in [0.2, 0.25) is 0 Å². The smallest absolute Gasteiger partial charge is 0.191 e. The largest absolute Gasteiger partial charge is 0.357 e. The van der Waals surface area contributed by atoms with Gasteiger partial charge in [-0.05, 0) is 51.6 Å². The van der Waals surface area contributed by atoms with Gasteiger partial charge in [-0.25, -0.2) is 0 Å². The molecule has 1 saturated heterocycles. The fraction of sp³-hybridized carbons (Fsp3) is 0.824. The molecule has 0 saturated carbocycles. The SMILES string of the molecule is CCNC(=NCC(C)CN1CCCCC1)NC1CC=CC1. The van der Waals surface area contributed by atoms with Gasteiger partial charge in [-0.15, -0.1) is 0 Å². The average Bonchev–Trinajstić information content (AvgIpc) is 2.99. The predicted molar refractivity (Wildman–Crippen MR) is 90.7 cm³/mol. The van der Waals surface area contributed by atoms with E-state index in [4.69, 9.17) is 4.99 Å². The molecular formula is C17H32N4. The maximum absolute atomic E-state index is 4.78. The minimum Gasteiger partial charge on any atom is -0.357 e. The van der Waals surface area contributed by atoms with Crippen molar-refractivity contribution < 1.29 is 0 Å². The second-order valence-corrected chi connectivity index (χ2v) is 6.47. The van der Waals surface area contributed by atoms with E-state index in [0.29, 0.717) is 12.0 Å². The van der Waals surface area contributed by atoms with E-state index in [1.807, 2.05) is 0 Å². The van der Waals surface area contributed by atoms with Crippen molar-refractivity contribution in [3.8, 4) is 0 Å². The number of hydrogen-bond donors (Lipinski definition) is 2. The maximum Gasteiger partial charge on any atom is 0.191 e. The molecule has 2 rings (SSSR count). The van der Waals surface area contributed by atoms with Gasteiger partial charge >= 0.3 is 0 Å². The third kappa shape index (κ3) is 6.08. The molecule has 4 heteroatoms. The fourth-order valence-electron chi connectivity index (χ4n) is 3.14. The second kappa shape index (κ2) is 9.08. The quantitative estimate of drug-likeness (QED) is 0.448. The Kier molecular flexibility index (Phi) is 7.07. The van der Waals surface area contributed by atoms with Crippen molar-refractivity contribution in [3.05, 3.63) is 12.2 Å². The standard InChI is InChI=1S/C17H32N4/c1-3-18-17(20-16-9-5-6-10-16)19-13-15(2)14-21-11-7-4-8-12-21/h5-6,15-16H,3-4,7-14H2,1-2H3,(H2,18,19,20). The van der Waals surface area contributed by atoms with E-state index in [9.17, 15) is 0 Å². The summed E-state index contributed by atoms with van der Waals surface area (Å²) < 4.78 is 0. The van der Waals surface area contributed by atoms with E-state index < -0.39 is 0 Å². The van der Waals surface area contributed by atoms with Gasteiger partial charge in [-0.3, -0.25) is 4.99 Å². The minimum atomic E-state index is 0.528. The summed E-state index contributed by atoms with van der Waals surface area (Å²) in [5, 5.41) is 6.90. The third-order valence-electron chi connectivity index (χ3n) is 4.27. The molecule has 0 aromatic heterocycles. The van der Waals surface area contributed by atoms with Gasteiger partial charge < -0.3 is 15.5 Å². The van der Waals surface area contributed by atoms with Gasteiger partial charge in [-0.1, -0.05) is 25.5 Å². The number of guanidine groups is 1. The lowest BCUT2D eigenvalue weighted by atomic mass is 10.1. The van der Waals surface area contributed by atoms with E-state index in [1.165, 1.54) is 38.9 Å². The molecule has 0 radical (unpaired) electrons. The van der Waals surface area contributed by atoms with Crippen LogP contribution >= 0.6 is 0 Å². The van der Waals surface area contributed by atoms with Crippen molar-refractivity contribution in [1.29, 1.82) is 0 Å². The topological polar surface area (TPSA) is 39.7 Å². The van der Waals surface area contributed by atoms with Crippen LogP contribution in [0.15, 0.2) is 17.1 Å². The van der Waals surface area contributed by atoms with Crippen molar-refractivity contribution in [2.75, 3.05) is 32.7 Å². The van der Waals surface area contributed by atoms with Crippen molar-refractivity contribution >= 4 is 5.96 Å². The van der Waals surface area contributed by atoms with Crippen LogP contribution in [-0.2, 0) is 0 Å². The van der Waals surface area contributed by atoms with Crippen LogP contribution in [0.5, 0.6) is 0 Å². The zero-order valence-corrected chi connectivity index (χ0v) is 13.8. The van der Waals surface area contributed by atoms with Crippen LogP contribution < -0.4 is 10.6 Å². The molecule has 1 atom stereocenters. The Hall–Kier alpha value is -1.03. The van der Waals surface area contributed by atoms with Crippen LogP contribution in [0.25, 0.3) is 0 Å². The highest BCUT2D eigenvalue weighted by atomic mass is 15.2. The van der Waals surface area contributed by atoms with Crippen molar-refractivity contribution in [1.82, 2.24) is 15.5 Å². The molecule has 1 aliphatic heterocycles. The Morgan fingerprint density at radius 3 is 2.62 bits per heavy atom. The first-order valence-corrected chi connectivity index (χ1v) is 8.70. The molecule has 0 aromatic carbocycles. The Morgan fingerprint density at radius 2 is 1.95 bits per heavy atom. The molecule has 1 aliphatic carbocycles. The van der Waals surface area contributed by atoms with E-state index in [0.717, 1.165) is 31.9 Å². The summed E-state index contributed by atoms with van der Waals surface area (Å²) in [5.74, 6) is 1.61. The van der Waals surface area contributed by atoms with Gasteiger partial charge in [0, 0.05) is 25.7 Å². The summed E-state index contributed by atoms with van der Waals surface area (Å²) in [5.41, 5.74) is 0. The number of aliphatic imine (C=N–C) groups is 1. The molecule has 0 bridgehead atoms. The molecule has 0 spiro atoms. The Morgan fingerprint density at radius 1 is 1.24 bits per heavy atom. The first-order chi connectivity index (χ1) is 10.3. The summed E-state index contributed by atoms with van der Waals surface area (Å²) in [7, 11) is 0. The van der Waals surface area contributed by atoms with Crippen LogP contribution in [0.1, 0.15) is 46.0 Å². The molecule has 0 aromatic rings. The molecule has 0 amide bonds. The normalized spacial score (nSPS) is 22.5. The Bertz CT molecular complexity index is 337. The lowest BCUT2D eigenvalue weighted by Gasteiger charge is -2.28. The van der Waals surface area contributed by atoms with Crippen LogP contribution in [0.3, 0.4) is 0 Å². The van der Waals surface area contributed by atoms with Crippen LogP contribution in [0.4, 0.5) is 0 Å². The third-order valence-corrected chi connectivity index (χ3v) is 4.27. The predicted octanol–water partition coefficient (Wildman–Crippen LogP) is 2.38. The average molecular weight is 292 g/mol. The molecule has 1 fully saturated rings. The number of rotatable bonds is 6. The number of likely N-dealkylation sites (tertiary alicyclic amines) is 1. The van der Waals surface area contributed by atoms with E-state index in [-0.39, 0.29) is 0 Å².